The smallest absolute Gasteiger partial charge is 0.227 e. The first-order valence-corrected chi connectivity index (χ1v) is 10.5. The highest BCUT2D eigenvalue weighted by Gasteiger charge is 2.26. The van der Waals surface area contributed by atoms with E-state index in [0.717, 1.165) is 11.8 Å². The molecule has 0 radical (unpaired) electrons. The van der Waals surface area contributed by atoms with Crippen molar-refractivity contribution in [3.05, 3.63) is 64.7 Å². The Bertz CT molecular complexity index is 913. The Labute approximate surface area is 158 Å². The van der Waals surface area contributed by atoms with Crippen molar-refractivity contribution < 1.29 is 17.9 Å². The minimum Gasteiger partial charge on any atom is -0.370 e. The van der Waals surface area contributed by atoms with Gasteiger partial charge in [0, 0.05) is 17.8 Å². The van der Waals surface area contributed by atoms with Crippen LogP contribution in [0, 0.1) is 0 Å². The van der Waals surface area contributed by atoms with Crippen molar-refractivity contribution in [1.29, 1.82) is 0 Å². The molecule has 0 aliphatic carbocycles. The van der Waals surface area contributed by atoms with Gasteiger partial charge in [-0.3, -0.25) is 4.79 Å². The molecular weight excluding hydrogens is 374 g/mol. The minimum absolute atomic E-state index is 0.0471. The van der Waals surface area contributed by atoms with Gasteiger partial charge in [-0.05, 0) is 29.3 Å². The molecule has 2 aromatic rings. The van der Waals surface area contributed by atoms with Crippen molar-refractivity contribution in [2.75, 3.05) is 26.0 Å². The van der Waals surface area contributed by atoms with Gasteiger partial charge in [-0.25, -0.2) is 8.42 Å². The first kappa shape index (κ1) is 18.9. The molecule has 1 fully saturated rings. The third-order valence-corrected chi connectivity index (χ3v) is 5.79. The first-order valence-electron chi connectivity index (χ1n) is 8.27. The third kappa shape index (κ3) is 4.44. The summed E-state index contributed by atoms with van der Waals surface area (Å²) in [6, 6.07) is 14.0. The molecule has 1 atom stereocenters. The summed E-state index contributed by atoms with van der Waals surface area (Å²) in [6.45, 7) is 1.33. The number of carbonyl (C=O) groups excluding carboxylic acids is 1. The van der Waals surface area contributed by atoms with Crippen molar-refractivity contribution in [1.82, 2.24) is 4.90 Å². The molecule has 1 aliphatic rings. The Kier molecular flexibility index (Phi) is 5.65. The molecule has 1 unspecified atom stereocenters. The Balaban J connectivity index is 1.75. The number of amides is 1. The van der Waals surface area contributed by atoms with Gasteiger partial charge >= 0.3 is 0 Å². The highest BCUT2D eigenvalue weighted by Crippen LogP contribution is 2.25. The number of halogens is 1. The predicted molar refractivity (Wildman–Crippen MR) is 100.0 cm³/mol. The van der Waals surface area contributed by atoms with Crippen LogP contribution in [0.2, 0.25) is 5.02 Å². The van der Waals surface area contributed by atoms with E-state index < -0.39 is 9.84 Å². The molecule has 3 rings (SSSR count). The molecule has 138 valence electrons. The maximum atomic E-state index is 12.7. The van der Waals surface area contributed by atoms with Gasteiger partial charge in [-0.15, -0.1) is 0 Å². The van der Waals surface area contributed by atoms with Crippen LogP contribution in [0.4, 0.5) is 0 Å². The Morgan fingerprint density at radius 3 is 2.73 bits per heavy atom. The van der Waals surface area contributed by atoms with Crippen LogP contribution in [0.15, 0.2) is 53.4 Å². The zero-order chi connectivity index (χ0) is 18.7. The molecule has 5 nitrogen and oxygen atoms in total. The largest absolute Gasteiger partial charge is 0.370 e. The fourth-order valence-electron chi connectivity index (χ4n) is 3.07. The summed E-state index contributed by atoms with van der Waals surface area (Å²) in [7, 11) is -3.38. The van der Waals surface area contributed by atoms with E-state index in [2.05, 4.69) is 0 Å². The second-order valence-corrected chi connectivity index (χ2v) is 8.73. The van der Waals surface area contributed by atoms with Crippen LogP contribution in [-0.4, -0.2) is 45.2 Å². The molecule has 0 saturated carbocycles. The Morgan fingerprint density at radius 2 is 2.00 bits per heavy atom. The standard InChI is InChI=1S/C19H20ClNO4S/c1-26(23,24)18-8-3-2-5-15(18)12-19(22)21-9-10-25-17(13-21)14-6-4-7-16(20)11-14/h2-8,11,17H,9-10,12-13H2,1H3. The number of rotatable bonds is 4. The Morgan fingerprint density at radius 1 is 1.23 bits per heavy atom. The number of ether oxygens (including phenoxy) is 1. The van der Waals surface area contributed by atoms with Gasteiger partial charge in [0.05, 0.1) is 24.5 Å². The fourth-order valence-corrected chi connectivity index (χ4v) is 4.21. The number of hydrogen-bond acceptors (Lipinski definition) is 4. The maximum Gasteiger partial charge on any atom is 0.227 e. The van der Waals surface area contributed by atoms with Crippen molar-refractivity contribution >= 4 is 27.3 Å². The summed E-state index contributed by atoms with van der Waals surface area (Å²) in [5.74, 6) is -0.114. The topological polar surface area (TPSA) is 63.7 Å². The maximum absolute atomic E-state index is 12.7. The van der Waals surface area contributed by atoms with Crippen molar-refractivity contribution in [3.63, 3.8) is 0 Å². The molecule has 26 heavy (non-hydrogen) atoms. The Hall–Kier alpha value is -1.89. The number of nitrogens with zero attached hydrogens (tertiary/aromatic N) is 1. The number of morpholine rings is 1. The quantitative estimate of drug-likeness (QED) is 0.801. The van der Waals surface area contributed by atoms with E-state index in [1.54, 1.807) is 29.2 Å². The summed E-state index contributed by atoms with van der Waals surface area (Å²) in [5, 5.41) is 0.622. The van der Waals surface area contributed by atoms with E-state index in [1.807, 2.05) is 18.2 Å². The van der Waals surface area contributed by atoms with Crippen LogP contribution in [0.5, 0.6) is 0 Å². The van der Waals surface area contributed by atoms with E-state index in [1.165, 1.54) is 6.07 Å². The molecule has 0 spiro atoms. The average molecular weight is 394 g/mol. The molecule has 7 heteroatoms. The molecule has 1 saturated heterocycles. The molecule has 0 N–H and O–H groups in total. The van der Waals surface area contributed by atoms with Crippen LogP contribution in [0.1, 0.15) is 17.2 Å². The molecule has 2 aromatic carbocycles. The van der Waals surface area contributed by atoms with Crippen LogP contribution in [0.3, 0.4) is 0 Å². The first-order chi connectivity index (χ1) is 12.3. The van der Waals surface area contributed by atoms with E-state index in [-0.39, 0.29) is 23.3 Å². The lowest BCUT2D eigenvalue weighted by atomic mass is 10.1. The van der Waals surface area contributed by atoms with Gasteiger partial charge in [0.2, 0.25) is 5.91 Å². The van der Waals surface area contributed by atoms with Crippen molar-refractivity contribution in [2.45, 2.75) is 17.4 Å². The second-order valence-electron chi connectivity index (χ2n) is 6.31. The number of hydrogen-bond donors (Lipinski definition) is 0. The van der Waals surface area contributed by atoms with Crippen LogP contribution >= 0.6 is 11.6 Å². The number of carbonyl (C=O) groups is 1. The third-order valence-electron chi connectivity index (χ3n) is 4.35. The minimum atomic E-state index is -3.38. The van der Waals surface area contributed by atoms with E-state index in [4.69, 9.17) is 16.3 Å². The lowest BCUT2D eigenvalue weighted by Crippen LogP contribution is -2.43. The zero-order valence-electron chi connectivity index (χ0n) is 14.4. The van der Waals surface area contributed by atoms with E-state index in [0.29, 0.717) is 30.3 Å². The van der Waals surface area contributed by atoms with Gasteiger partial charge in [-0.2, -0.15) is 0 Å². The highest BCUT2D eigenvalue weighted by molar-refractivity contribution is 7.90. The molecule has 1 aliphatic heterocycles. The van der Waals surface area contributed by atoms with Crippen molar-refractivity contribution in [2.24, 2.45) is 0 Å². The summed E-state index contributed by atoms with van der Waals surface area (Å²) < 4.78 is 29.6. The van der Waals surface area contributed by atoms with Crippen LogP contribution in [0.25, 0.3) is 0 Å². The molecule has 0 bridgehead atoms. The van der Waals surface area contributed by atoms with Gasteiger partial charge in [-0.1, -0.05) is 41.9 Å². The molecule has 1 amide bonds. The molecule has 0 aromatic heterocycles. The van der Waals surface area contributed by atoms with Gasteiger partial charge in [0.25, 0.3) is 0 Å². The zero-order valence-corrected chi connectivity index (χ0v) is 16.0. The predicted octanol–water partition coefficient (Wildman–Crippen LogP) is 2.89. The van der Waals surface area contributed by atoms with Gasteiger partial charge in [0.1, 0.15) is 6.10 Å². The number of sulfone groups is 1. The number of benzene rings is 2. The monoisotopic (exact) mass is 393 g/mol. The van der Waals surface area contributed by atoms with Gasteiger partial charge < -0.3 is 9.64 Å². The summed E-state index contributed by atoms with van der Waals surface area (Å²) >= 11 is 6.04. The highest BCUT2D eigenvalue weighted by atomic mass is 35.5. The SMILES string of the molecule is CS(=O)(=O)c1ccccc1CC(=O)N1CCOC(c2cccc(Cl)c2)C1. The van der Waals surface area contributed by atoms with E-state index >= 15 is 0 Å². The van der Waals surface area contributed by atoms with E-state index in [9.17, 15) is 13.2 Å². The second kappa shape index (κ2) is 7.78. The lowest BCUT2D eigenvalue weighted by Gasteiger charge is -2.33. The molecular formula is C19H20ClNO4S. The summed E-state index contributed by atoms with van der Waals surface area (Å²) in [6.07, 6.45) is 0.961. The lowest BCUT2D eigenvalue weighted by molar-refractivity contribution is -0.138. The van der Waals surface area contributed by atoms with Crippen LogP contribution in [-0.2, 0) is 25.8 Å². The molecule has 1 heterocycles. The average Bonchev–Trinajstić information content (AvgIpc) is 2.61. The summed E-state index contributed by atoms with van der Waals surface area (Å²) in [5.41, 5.74) is 1.44. The summed E-state index contributed by atoms with van der Waals surface area (Å²) in [4.78, 5) is 14.7. The van der Waals surface area contributed by atoms with Crippen LogP contribution < -0.4 is 0 Å². The van der Waals surface area contributed by atoms with Gasteiger partial charge in [0.15, 0.2) is 9.84 Å². The fraction of sp³-hybridized carbons (Fsp3) is 0.316. The normalized spacial score (nSPS) is 17.9. The van der Waals surface area contributed by atoms with Crippen molar-refractivity contribution in [3.8, 4) is 0 Å².